The fourth-order valence-electron chi connectivity index (χ4n) is 3.15. The predicted molar refractivity (Wildman–Crippen MR) is 98.3 cm³/mol. The van der Waals surface area contributed by atoms with Crippen LogP contribution < -0.4 is 5.32 Å². The Kier molecular flexibility index (Phi) is 5.93. The van der Waals surface area contributed by atoms with Crippen LogP contribution in [0.25, 0.3) is 0 Å². The molecule has 0 atom stereocenters. The first-order valence-corrected chi connectivity index (χ1v) is 9.04. The molecule has 1 N–H and O–H groups in total. The SMILES string of the molecule is Cc1ccc(C(=O)NCc2cnc(CC3CCN(C)CC3)cn2)cc1F. The molecule has 26 heavy (non-hydrogen) atoms. The molecule has 1 fully saturated rings. The van der Waals surface area contributed by atoms with E-state index in [1.54, 1.807) is 31.5 Å². The zero-order chi connectivity index (χ0) is 18.5. The molecule has 0 spiro atoms. The zero-order valence-corrected chi connectivity index (χ0v) is 15.3. The van der Waals surface area contributed by atoms with Crippen LogP contribution in [0.3, 0.4) is 0 Å². The monoisotopic (exact) mass is 356 g/mol. The van der Waals surface area contributed by atoms with Gasteiger partial charge >= 0.3 is 0 Å². The predicted octanol–water partition coefficient (Wildman–Crippen LogP) is 2.74. The summed E-state index contributed by atoms with van der Waals surface area (Å²) in [5.41, 5.74) is 2.51. The molecule has 1 aliphatic rings. The molecule has 6 heteroatoms. The number of rotatable bonds is 5. The van der Waals surface area contributed by atoms with Crippen molar-refractivity contribution in [2.45, 2.75) is 32.7 Å². The quantitative estimate of drug-likeness (QED) is 0.895. The number of halogens is 1. The minimum atomic E-state index is -0.379. The van der Waals surface area contributed by atoms with Crippen molar-refractivity contribution in [3.63, 3.8) is 0 Å². The number of hydrogen-bond acceptors (Lipinski definition) is 4. The molecule has 1 amide bonds. The summed E-state index contributed by atoms with van der Waals surface area (Å²) < 4.78 is 13.6. The van der Waals surface area contributed by atoms with Gasteiger partial charge in [0.05, 0.1) is 24.1 Å². The second-order valence-corrected chi connectivity index (χ2v) is 7.10. The third-order valence-electron chi connectivity index (χ3n) is 4.96. The Morgan fingerprint density at radius 3 is 2.58 bits per heavy atom. The molecule has 1 aliphatic heterocycles. The number of piperidine rings is 1. The highest BCUT2D eigenvalue weighted by Crippen LogP contribution is 2.19. The second kappa shape index (κ2) is 8.36. The topological polar surface area (TPSA) is 58.1 Å². The summed E-state index contributed by atoms with van der Waals surface area (Å²) in [4.78, 5) is 23.3. The van der Waals surface area contributed by atoms with E-state index in [-0.39, 0.29) is 18.3 Å². The lowest BCUT2D eigenvalue weighted by Gasteiger charge is -2.28. The number of aryl methyl sites for hydroxylation is 1. The van der Waals surface area contributed by atoms with Crippen LogP contribution in [0.4, 0.5) is 4.39 Å². The molecule has 1 saturated heterocycles. The van der Waals surface area contributed by atoms with Crippen LogP contribution in [0.5, 0.6) is 0 Å². The number of benzene rings is 1. The van der Waals surface area contributed by atoms with Gasteiger partial charge in [-0.15, -0.1) is 0 Å². The van der Waals surface area contributed by atoms with Crippen molar-refractivity contribution in [3.8, 4) is 0 Å². The van der Waals surface area contributed by atoms with Crippen molar-refractivity contribution in [3.05, 3.63) is 58.9 Å². The molecule has 0 saturated carbocycles. The maximum absolute atomic E-state index is 13.6. The maximum Gasteiger partial charge on any atom is 0.251 e. The molecule has 0 bridgehead atoms. The van der Waals surface area contributed by atoms with Crippen molar-refractivity contribution in [1.82, 2.24) is 20.2 Å². The van der Waals surface area contributed by atoms with Crippen molar-refractivity contribution in [1.29, 1.82) is 0 Å². The third-order valence-corrected chi connectivity index (χ3v) is 4.96. The summed E-state index contributed by atoms with van der Waals surface area (Å²) in [6, 6.07) is 4.47. The van der Waals surface area contributed by atoms with Crippen LogP contribution in [0.1, 0.15) is 40.2 Å². The summed E-state index contributed by atoms with van der Waals surface area (Å²) in [6.45, 7) is 4.22. The third kappa shape index (κ3) is 4.85. The Labute approximate surface area is 153 Å². The Morgan fingerprint density at radius 1 is 1.23 bits per heavy atom. The van der Waals surface area contributed by atoms with Crippen LogP contribution in [-0.4, -0.2) is 40.9 Å². The van der Waals surface area contributed by atoms with Crippen LogP contribution in [0.15, 0.2) is 30.6 Å². The van der Waals surface area contributed by atoms with Crippen LogP contribution in [-0.2, 0) is 13.0 Å². The van der Waals surface area contributed by atoms with Gasteiger partial charge in [0.2, 0.25) is 0 Å². The Morgan fingerprint density at radius 2 is 1.92 bits per heavy atom. The molecular weight excluding hydrogens is 331 g/mol. The minimum absolute atomic E-state index is 0.274. The maximum atomic E-state index is 13.6. The summed E-state index contributed by atoms with van der Waals surface area (Å²) in [5, 5.41) is 2.75. The van der Waals surface area contributed by atoms with Crippen molar-refractivity contribution < 1.29 is 9.18 Å². The first kappa shape index (κ1) is 18.5. The molecule has 3 rings (SSSR count). The number of amides is 1. The minimum Gasteiger partial charge on any atom is -0.346 e. The number of hydrogen-bond donors (Lipinski definition) is 1. The van der Waals surface area contributed by atoms with E-state index < -0.39 is 0 Å². The Hall–Kier alpha value is -2.34. The van der Waals surface area contributed by atoms with Crippen molar-refractivity contribution >= 4 is 5.91 Å². The normalized spacial score (nSPS) is 15.8. The average molecular weight is 356 g/mol. The van der Waals surface area contributed by atoms with Gasteiger partial charge in [-0.25, -0.2) is 4.39 Å². The number of nitrogens with zero attached hydrogens (tertiary/aromatic N) is 3. The highest BCUT2D eigenvalue weighted by Gasteiger charge is 2.17. The first-order valence-electron chi connectivity index (χ1n) is 9.04. The van der Waals surface area contributed by atoms with E-state index in [9.17, 15) is 9.18 Å². The number of likely N-dealkylation sites (tertiary alicyclic amines) is 1. The lowest BCUT2D eigenvalue weighted by Crippen LogP contribution is -2.31. The van der Waals surface area contributed by atoms with Gasteiger partial charge in [0, 0.05) is 11.8 Å². The standard InChI is InChI=1S/C20H25FN4O/c1-14-3-4-16(10-19(14)21)20(26)24-13-18-12-22-17(11-23-18)9-15-5-7-25(2)8-6-15/h3-4,10-12,15H,5-9,13H2,1-2H3,(H,24,26). The largest absolute Gasteiger partial charge is 0.346 e. The molecule has 2 heterocycles. The molecular formula is C20H25FN4O. The molecule has 0 radical (unpaired) electrons. The lowest BCUT2D eigenvalue weighted by atomic mass is 9.92. The molecule has 138 valence electrons. The number of carbonyl (C=O) groups excluding carboxylic acids is 1. The van der Waals surface area contributed by atoms with E-state index in [2.05, 4.69) is 27.2 Å². The summed E-state index contributed by atoms with van der Waals surface area (Å²) in [6.07, 6.45) is 6.86. The fourth-order valence-corrected chi connectivity index (χ4v) is 3.15. The van der Waals surface area contributed by atoms with Gasteiger partial charge in [-0.05, 0) is 69.9 Å². The summed E-state index contributed by atoms with van der Waals surface area (Å²) in [7, 11) is 2.16. The number of carbonyl (C=O) groups is 1. The second-order valence-electron chi connectivity index (χ2n) is 7.10. The van der Waals surface area contributed by atoms with E-state index in [0.29, 0.717) is 22.7 Å². The Bertz CT molecular complexity index is 755. The van der Waals surface area contributed by atoms with E-state index >= 15 is 0 Å². The van der Waals surface area contributed by atoms with Gasteiger partial charge in [-0.3, -0.25) is 14.8 Å². The van der Waals surface area contributed by atoms with Gasteiger partial charge < -0.3 is 10.2 Å². The molecule has 0 unspecified atom stereocenters. The Balaban J connectivity index is 1.51. The summed E-state index contributed by atoms with van der Waals surface area (Å²) >= 11 is 0. The molecule has 1 aromatic carbocycles. The molecule has 2 aromatic rings. The number of aromatic nitrogens is 2. The lowest BCUT2D eigenvalue weighted by molar-refractivity contribution is 0.0950. The van der Waals surface area contributed by atoms with E-state index in [1.165, 1.54) is 18.9 Å². The van der Waals surface area contributed by atoms with Gasteiger partial charge in [-0.2, -0.15) is 0 Å². The van der Waals surface area contributed by atoms with Gasteiger partial charge in [-0.1, -0.05) is 6.07 Å². The first-order chi connectivity index (χ1) is 12.5. The van der Waals surface area contributed by atoms with E-state index in [4.69, 9.17) is 0 Å². The van der Waals surface area contributed by atoms with Gasteiger partial charge in [0.25, 0.3) is 5.91 Å². The highest BCUT2D eigenvalue weighted by molar-refractivity contribution is 5.94. The summed E-state index contributed by atoms with van der Waals surface area (Å²) in [5.74, 6) is -0.0284. The smallest absolute Gasteiger partial charge is 0.251 e. The fraction of sp³-hybridized carbons (Fsp3) is 0.450. The molecule has 1 aromatic heterocycles. The van der Waals surface area contributed by atoms with Crippen LogP contribution in [0.2, 0.25) is 0 Å². The van der Waals surface area contributed by atoms with Crippen molar-refractivity contribution in [2.24, 2.45) is 5.92 Å². The molecule has 5 nitrogen and oxygen atoms in total. The van der Waals surface area contributed by atoms with Crippen molar-refractivity contribution in [2.75, 3.05) is 20.1 Å². The van der Waals surface area contributed by atoms with E-state index in [1.807, 2.05) is 0 Å². The average Bonchev–Trinajstić information content (AvgIpc) is 2.65. The zero-order valence-electron chi connectivity index (χ0n) is 15.3. The van der Waals surface area contributed by atoms with Crippen LogP contribution >= 0.6 is 0 Å². The van der Waals surface area contributed by atoms with E-state index in [0.717, 1.165) is 25.2 Å². The van der Waals surface area contributed by atoms with Gasteiger partial charge in [0.1, 0.15) is 5.82 Å². The number of nitrogens with one attached hydrogen (secondary N) is 1. The van der Waals surface area contributed by atoms with Crippen LogP contribution in [0, 0.1) is 18.7 Å². The highest BCUT2D eigenvalue weighted by atomic mass is 19.1. The molecule has 0 aliphatic carbocycles. The van der Waals surface area contributed by atoms with Gasteiger partial charge in [0.15, 0.2) is 0 Å².